The molecule has 1 unspecified atom stereocenters. The number of Topliss-reactive ketones (excluding diaryl/α,β-unsaturated/α-hetero) is 1. The molecule has 9 nitrogen and oxygen atoms in total. The van der Waals surface area contributed by atoms with Crippen molar-refractivity contribution in [3.63, 3.8) is 0 Å². The number of nitrogens with zero attached hydrogens (tertiary/aromatic N) is 2. The number of fused-ring (bicyclic) bond motifs is 3. The number of amides is 2. The van der Waals surface area contributed by atoms with Crippen molar-refractivity contribution in [2.24, 2.45) is 0 Å². The molecule has 0 radical (unpaired) electrons. The predicted molar refractivity (Wildman–Crippen MR) is 114 cm³/mol. The summed E-state index contributed by atoms with van der Waals surface area (Å²) in [6.07, 6.45) is 7.21. The molecule has 1 aliphatic heterocycles. The first-order chi connectivity index (χ1) is 14.9. The molecule has 0 spiro atoms. The molecule has 31 heavy (non-hydrogen) atoms. The van der Waals surface area contributed by atoms with Crippen LogP contribution in [0.25, 0.3) is 0 Å². The summed E-state index contributed by atoms with van der Waals surface area (Å²) >= 11 is 0. The van der Waals surface area contributed by atoms with Crippen LogP contribution in [0.1, 0.15) is 58.8 Å². The molecule has 1 atom stereocenters. The fraction of sp³-hybridized carbons (Fsp3) is 0.476. The van der Waals surface area contributed by atoms with Gasteiger partial charge in [-0.15, -0.1) is 0 Å². The van der Waals surface area contributed by atoms with E-state index in [1.165, 1.54) is 6.20 Å². The number of benzene rings is 1. The Morgan fingerprint density at radius 2 is 1.74 bits per heavy atom. The molecule has 0 fully saturated rings. The standard InChI is InChI=1S/C21H25N5O4S/c1-12(27)18-13-5-2-7-15(13)19(16-8-3-6-14(16)18)24-21(28)25-31(22,29)17-11-23-26-9-4-10-30-20(17)26/h11H,2-10H2,1H3,(H3,22,24,25,28,29). The van der Waals surface area contributed by atoms with Gasteiger partial charge in [-0.2, -0.15) is 5.10 Å². The second-order valence-electron chi connectivity index (χ2n) is 8.28. The Balaban J connectivity index is 1.46. The van der Waals surface area contributed by atoms with Gasteiger partial charge in [0, 0.05) is 24.2 Å². The quantitative estimate of drug-likeness (QED) is 0.626. The number of urea groups is 1. The lowest BCUT2D eigenvalue weighted by Gasteiger charge is -2.20. The van der Waals surface area contributed by atoms with Gasteiger partial charge in [0.1, 0.15) is 4.90 Å². The Bertz CT molecular complexity index is 1180. The van der Waals surface area contributed by atoms with Gasteiger partial charge in [-0.3, -0.25) is 4.79 Å². The van der Waals surface area contributed by atoms with E-state index in [1.807, 2.05) is 0 Å². The van der Waals surface area contributed by atoms with Crippen LogP contribution in [-0.4, -0.2) is 32.4 Å². The molecule has 5 rings (SSSR count). The molecule has 0 saturated carbocycles. The SMILES string of the molecule is CC(=O)c1c2c(c(NC(=O)NS(=N)(=O)c3cnn4c3OCCC4)c3c1CCC3)CCC2. The molecule has 0 bridgehead atoms. The van der Waals surface area contributed by atoms with Crippen molar-refractivity contribution < 1.29 is 18.5 Å². The molecule has 2 amide bonds. The highest BCUT2D eigenvalue weighted by Crippen LogP contribution is 2.42. The Morgan fingerprint density at radius 1 is 1.10 bits per heavy atom. The van der Waals surface area contributed by atoms with Crippen LogP contribution in [0.3, 0.4) is 0 Å². The molecule has 2 aromatic rings. The number of anilines is 1. The zero-order valence-electron chi connectivity index (χ0n) is 17.4. The second-order valence-corrected chi connectivity index (χ2v) is 10.0. The number of carbonyl (C=O) groups is 2. The summed E-state index contributed by atoms with van der Waals surface area (Å²) in [7, 11) is -3.65. The van der Waals surface area contributed by atoms with Gasteiger partial charge < -0.3 is 10.1 Å². The Kier molecular flexibility index (Phi) is 4.76. The minimum Gasteiger partial charge on any atom is -0.477 e. The van der Waals surface area contributed by atoms with E-state index in [1.54, 1.807) is 11.6 Å². The van der Waals surface area contributed by atoms with Crippen molar-refractivity contribution in [2.75, 3.05) is 11.9 Å². The smallest absolute Gasteiger partial charge is 0.331 e. The topological polar surface area (TPSA) is 126 Å². The third-order valence-corrected chi connectivity index (χ3v) is 7.66. The summed E-state index contributed by atoms with van der Waals surface area (Å²) in [4.78, 5) is 25.3. The van der Waals surface area contributed by atoms with Crippen LogP contribution < -0.4 is 14.8 Å². The van der Waals surface area contributed by atoms with E-state index in [9.17, 15) is 13.8 Å². The van der Waals surface area contributed by atoms with Crippen molar-refractivity contribution in [3.05, 3.63) is 34.0 Å². The molecular formula is C21H25N5O4S. The van der Waals surface area contributed by atoms with Gasteiger partial charge in [0.05, 0.1) is 12.8 Å². The zero-order chi connectivity index (χ0) is 21.8. The van der Waals surface area contributed by atoms with Gasteiger partial charge in [-0.25, -0.2) is 23.2 Å². The van der Waals surface area contributed by atoms with Gasteiger partial charge in [-0.1, -0.05) is 0 Å². The number of ether oxygens (including phenoxy) is 1. The highest BCUT2D eigenvalue weighted by atomic mass is 32.2. The van der Waals surface area contributed by atoms with Crippen LogP contribution in [0.5, 0.6) is 5.88 Å². The summed E-state index contributed by atoms with van der Waals surface area (Å²) in [6.45, 7) is 2.69. The third-order valence-electron chi connectivity index (χ3n) is 6.29. The average molecular weight is 444 g/mol. The highest BCUT2D eigenvalue weighted by molar-refractivity contribution is 7.91. The van der Waals surface area contributed by atoms with Gasteiger partial charge >= 0.3 is 6.03 Å². The lowest BCUT2D eigenvalue weighted by Crippen LogP contribution is -2.34. The number of aryl methyl sites for hydroxylation is 1. The fourth-order valence-electron chi connectivity index (χ4n) is 5.10. The first-order valence-corrected chi connectivity index (χ1v) is 12.2. The Morgan fingerprint density at radius 3 is 2.39 bits per heavy atom. The van der Waals surface area contributed by atoms with Crippen molar-refractivity contribution in [1.29, 1.82) is 4.78 Å². The maximum Gasteiger partial charge on any atom is 0.331 e. The normalized spacial score (nSPS) is 18.4. The molecular weight excluding hydrogens is 418 g/mol. The number of rotatable bonds is 4. The molecule has 2 aliphatic carbocycles. The number of nitrogens with one attached hydrogen (secondary N) is 3. The first kappa shape index (κ1) is 20.0. The molecule has 164 valence electrons. The minimum atomic E-state index is -3.65. The number of aromatic nitrogens is 2. The van der Waals surface area contributed by atoms with Gasteiger partial charge in [0.15, 0.2) is 15.7 Å². The van der Waals surface area contributed by atoms with Crippen molar-refractivity contribution in [1.82, 2.24) is 14.5 Å². The average Bonchev–Trinajstić information content (AvgIpc) is 3.46. The van der Waals surface area contributed by atoms with Gasteiger partial charge in [0.25, 0.3) is 0 Å². The van der Waals surface area contributed by atoms with Crippen LogP contribution in [0.2, 0.25) is 0 Å². The molecule has 3 N–H and O–H groups in total. The molecule has 10 heteroatoms. The molecule has 2 heterocycles. The number of hydrogen-bond donors (Lipinski definition) is 3. The van der Waals surface area contributed by atoms with Crippen molar-refractivity contribution in [3.8, 4) is 5.88 Å². The maximum atomic E-state index is 13.0. The van der Waals surface area contributed by atoms with Gasteiger partial charge in [-0.05, 0) is 67.7 Å². The van der Waals surface area contributed by atoms with E-state index in [0.717, 1.165) is 78.5 Å². The third kappa shape index (κ3) is 3.29. The Hall–Kier alpha value is -2.88. The van der Waals surface area contributed by atoms with Crippen LogP contribution >= 0.6 is 0 Å². The summed E-state index contributed by atoms with van der Waals surface area (Å²) in [6, 6.07) is -0.700. The molecule has 0 saturated heterocycles. The number of hydrogen-bond acceptors (Lipinski definition) is 6. The fourth-order valence-corrected chi connectivity index (χ4v) is 6.13. The van der Waals surface area contributed by atoms with Crippen LogP contribution in [0, 0.1) is 4.78 Å². The monoisotopic (exact) mass is 443 g/mol. The first-order valence-electron chi connectivity index (χ1n) is 10.6. The van der Waals surface area contributed by atoms with E-state index in [-0.39, 0.29) is 16.6 Å². The molecule has 1 aromatic carbocycles. The van der Waals surface area contributed by atoms with E-state index < -0.39 is 15.9 Å². The number of ketones is 1. The van der Waals surface area contributed by atoms with Crippen LogP contribution in [-0.2, 0) is 42.1 Å². The van der Waals surface area contributed by atoms with Crippen LogP contribution in [0.15, 0.2) is 11.1 Å². The number of carbonyl (C=O) groups excluding carboxylic acids is 2. The maximum absolute atomic E-state index is 13.0. The van der Waals surface area contributed by atoms with E-state index in [4.69, 9.17) is 9.52 Å². The summed E-state index contributed by atoms with van der Waals surface area (Å²) < 4.78 is 30.8. The summed E-state index contributed by atoms with van der Waals surface area (Å²) in [5.41, 5.74) is 5.64. The lowest BCUT2D eigenvalue weighted by molar-refractivity contribution is 0.101. The molecule has 1 aromatic heterocycles. The van der Waals surface area contributed by atoms with Crippen molar-refractivity contribution in [2.45, 2.75) is 63.3 Å². The molecule has 3 aliphatic rings. The van der Waals surface area contributed by atoms with Gasteiger partial charge in [0.2, 0.25) is 5.88 Å². The highest BCUT2D eigenvalue weighted by Gasteiger charge is 2.32. The summed E-state index contributed by atoms with van der Waals surface area (Å²) in [5, 5.41) is 7.00. The lowest BCUT2D eigenvalue weighted by atomic mass is 9.90. The van der Waals surface area contributed by atoms with Crippen LogP contribution in [0.4, 0.5) is 10.5 Å². The Labute approximate surface area is 180 Å². The predicted octanol–water partition coefficient (Wildman–Crippen LogP) is 2.99. The zero-order valence-corrected chi connectivity index (χ0v) is 18.2. The van der Waals surface area contributed by atoms with E-state index in [2.05, 4.69) is 15.1 Å². The minimum absolute atomic E-state index is 0.0738. The van der Waals surface area contributed by atoms with Crippen molar-refractivity contribution >= 4 is 27.4 Å². The second kappa shape index (κ2) is 7.37. The summed E-state index contributed by atoms with van der Waals surface area (Å²) in [5.74, 6) is 0.353. The van der Waals surface area contributed by atoms with E-state index in [0.29, 0.717) is 13.2 Å². The van der Waals surface area contributed by atoms with E-state index >= 15 is 0 Å². The largest absolute Gasteiger partial charge is 0.477 e.